The molecule has 3 heterocycles. The Kier molecular flexibility index (Phi) is 5.60. The summed E-state index contributed by atoms with van der Waals surface area (Å²) in [5.74, 6) is 2.15. The highest BCUT2D eigenvalue weighted by atomic mass is 32.2. The van der Waals surface area contributed by atoms with E-state index >= 15 is 0 Å². The number of carbonyl (C=O) groups is 1. The lowest BCUT2D eigenvalue weighted by atomic mass is 10.1. The summed E-state index contributed by atoms with van der Waals surface area (Å²) in [5, 5.41) is 2.98. The van der Waals surface area contributed by atoms with E-state index in [9.17, 15) is 4.79 Å². The van der Waals surface area contributed by atoms with Crippen LogP contribution in [0.15, 0.2) is 52.1 Å². The maximum absolute atomic E-state index is 12.0. The molecule has 2 aromatic heterocycles. The van der Waals surface area contributed by atoms with Gasteiger partial charge >= 0.3 is 0 Å². The van der Waals surface area contributed by atoms with Crippen LogP contribution in [-0.2, 0) is 4.79 Å². The van der Waals surface area contributed by atoms with Gasteiger partial charge in [-0.25, -0.2) is 0 Å². The Morgan fingerprint density at radius 1 is 1.26 bits per heavy atom. The minimum atomic E-state index is -0.105. The highest BCUT2D eigenvalue weighted by Gasteiger charge is 2.23. The summed E-state index contributed by atoms with van der Waals surface area (Å²) >= 11 is 1.97. The lowest BCUT2D eigenvalue weighted by Crippen LogP contribution is -2.41. The molecule has 1 saturated heterocycles. The molecule has 5 nitrogen and oxygen atoms in total. The van der Waals surface area contributed by atoms with Crippen molar-refractivity contribution in [2.24, 2.45) is 0 Å². The van der Waals surface area contributed by atoms with Crippen LogP contribution in [0.25, 0.3) is 6.08 Å². The zero-order valence-electron chi connectivity index (χ0n) is 12.8. The predicted octanol–water partition coefficient (Wildman–Crippen LogP) is 2.79. The number of thioether (sulfide) groups is 1. The van der Waals surface area contributed by atoms with E-state index < -0.39 is 0 Å². The summed E-state index contributed by atoms with van der Waals surface area (Å²) in [6.07, 6.45) is 9.90. The summed E-state index contributed by atoms with van der Waals surface area (Å²) < 4.78 is 10.2. The maximum atomic E-state index is 12.0. The van der Waals surface area contributed by atoms with Gasteiger partial charge in [0, 0.05) is 48.3 Å². The van der Waals surface area contributed by atoms with Crippen molar-refractivity contribution < 1.29 is 13.6 Å². The number of hydrogen-bond donors (Lipinski definition) is 1. The van der Waals surface area contributed by atoms with Gasteiger partial charge in [0.25, 0.3) is 0 Å². The molecular weight excluding hydrogens is 312 g/mol. The van der Waals surface area contributed by atoms with Crippen LogP contribution >= 0.6 is 11.8 Å². The van der Waals surface area contributed by atoms with Gasteiger partial charge in [-0.3, -0.25) is 9.69 Å². The van der Waals surface area contributed by atoms with Crippen molar-refractivity contribution in [1.82, 2.24) is 10.2 Å². The molecule has 0 spiro atoms. The first-order chi connectivity index (χ1) is 11.3. The minimum Gasteiger partial charge on any atom is -0.472 e. The van der Waals surface area contributed by atoms with Crippen LogP contribution < -0.4 is 5.32 Å². The molecule has 1 fully saturated rings. The van der Waals surface area contributed by atoms with Crippen molar-refractivity contribution in [3.8, 4) is 0 Å². The van der Waals surface area contributed by atoms with Gasteiger partial charge in [0.2, 0.25) is 5.91 Å². The van der Waals surface area contributed by atoms with E-state index in [1.165, 1.54) is 6.08 Å². The van der Waals surface area contributed by atoms with Gasteiger partial charge in [-0.15, -0.1) is 0 Å². The van der Waals surface area contributed by atoms with E-state index in [4.69, 9.17) is 8.83 Å². The number of hydrogen-bond acceptors (Lipinski definition) is 5. The second-order valence-electron chi connectivity index (χ2n) is 5.36. The molecule has 1 atom stereocenters. The number of nitrogens with one attached hydrogen (secondary N) is 1. The topological polar surface area (TPSA) is 58.6 Å². The van der Waals surface area contributed by atoms with Gasteiger partial charge < -0.3 is 14.2 Å². The van der Waals surface area contributed by atoms with Gasteiger partial charge in [0.1, 0.15) is 0 Å². The number of nitrogens with zero attached hydrogens (tertiary/aromatic N) is 1. The highest BCUT2D eigenvalue weighted by Crippen LogP contribution is 2.24. The molecule has 0 aliphatic carbocycles. The quantitative estimate of drug-likeness (QED) is 0.824. The number of carbonyl (C=O) groups excluding carboxylic acids is 1. The van der Waals surface area contributed by atoms with Crippen molar-refractivity contribution in [3.63, 3.8) is 0 Å². The molecular formula is C17H20N2O3S. The average molecular weight is 332 g/mol. The average Bonchev–Trinajstić information content (AvgIpc) is 3.28. The first-order valence-corrected chi connectivity index (χ1v) is 8.80. The third-order valence-electron chi connectivity index (χ3n) is 3.85. The summed E-state index contributed by atoms with van der Waals surface area (Å²) in [4.78, 5) is 14.4. The van der Waals surface area contributed by atoms with Crippen molar-refractivity contribution in [3.05, 3.63) is 54.4 Å². The number of furan rings is 2. The molecule has 0 radical (unpaired) electrons. The minimum absolute atomic E-state index is 0.105. The molecule has 3 rings (SSSR count). The first-order valence-electron chi connectivity index (χ1n) is 7.65. The molecule has 1 aliphatic rings. The van der Waals surface area contributed by atoms with Crippen LogP contribution in [0, 0.1) is 0 Å². The summed E-state index contributed by atoms with van der Waals surface area (Å²) in [6, 6.07) is 3.93. The zero-order chi connectivity index (χ0) is 15.9. The largest absolute Gasteiger partial charge is 0.472 e. The predicted molar refractivity (Wildman–Crippen MR) is 91.1 cm³/mol. The van der Waals surface area contributed by atoms with Crippen molar-refractivity contribution in [2.45, 2.75) is 6.04 Å². The van der Waals surface area contributed by atoms with E-state index in [-0.39, 0.29) is 11.9 Å². The Balaban J connectivity index is 1.58. The van der Waals surface area contributed by atoms with Crippen LogP contribution in [0.3, 0.4) is 0 Å². The molecule has 0 saturated carbocycles. The summed E-state index contributed by atoms with van der Waals surface area (Å²) in [5.41, 5.74) is 1.98. The normalized spacial score (nSPS) is 17.4. The lowest BCUT2D eigenvalue weighted by Gasteiger charge is -2.33. The van der Waals surface area contributed by atoms with E-state index in [0.29, 0.717) is 6.54 Å². The van der Waals surface area contributed by atoms with Gasteiger partial charge in [0.05, 0.1) is 31.1 Å². The smallest absolute Gasteiger partial charge is 0.244 e. The monoisotopic (exact) mass is 332 g/mol. The van der Waals surface area contributed by atoms with Gasteiger partial charge in [-0.2, -0.15) is 11.8 Å². The standard InChI is InChI=1S/C17H20N2O3S/c20-17(2-1-14-3-7-21-12-14)18-11-16(15-4-8-22-13-15)19-5-9-23-10-6-19/h1-4,7-8,12-13,16H,5-6,9-11H2,(H,18,20). The fourth-order valence-corrected chi connectivity index (χ4v) is 3.54. The van der Waals surface area contributed by atoms with E-state index in [1.54, 1.807) is 31.1 Å². The van der Waals surface area contributed by atoms with Gasteiger partial charge in [-0.05, 0) is 18.2 Å². The maximum Gasteiger partial charge on any atom is 0.244 e. The number of amides is 1. The third-order valence-corrected chi connectivity index (χ3v) is 4.80. The Morgan fingerprint density at radius 2 is 2.04 bits per heavy atom. The molecule has 23 heavy (non-hydrogen) atoms. The SMILES string of the molecule is O=C(C=Cc1ccoc1)NCC(c1ccoc1)N1CCSCC1. The Morgan fingerprint density at radius 3 is 2.74 bits per heavy atom. The lowest BCUT2D eigenvalue weighted by molar-refractivity contribution is -0.116. The second-order valence-corrected chi connectivity index (χ2v) is 6.58. The van der Waals surface area contributed by atoms with Crippen LogP contribution in [-0.4, -0.2) is 41.9 Å². The van der Waals surface area contributed by atoms with E-state index in [1.807, 2.05) is 23.9 Å². The fraction of sp³-hybridized carbons (Fsp3) is 0.353. The molecule has 1 amide bonds. The van der Waals surface area contributed by atoms with Crippen molar-refractivity contribution >= 4 is 23.7 Å². The summed E-state index contributed by atoms with van der Waals surface area (Å²) in [7, 11) is 0. The van der Waals surface area contributed by atoms with Crippen LogP contribution in [0.1, 0.15) is 17.2 Å². The highest BCUT2D eigenvalue weighted by molar-refractivity contribution is 7.99. The van der Waals surface area contributed by atoms with Gasteiger partial charge in [0.15, 0.2) is 0 Å². The molecule has 6 heteroatoms. The van der Waals surface area contributed by atoms with Crippen molar-refractivity contribution in [2.75, 3.05) is 31.1 Å². The number of rotatable bonds is 6. The van der Waals surface area contributed by atoms with Crippen molar-refractivity contribution in [1.29, 1.82) is 0 Å². The molecule has 2 aromatic rings. The molecule has 0 bridgehead atoms. The molecule has 1 unspecified atom stereocenters. The Labute approximate surface area is 139 Å². The third kappa shape index (κ3) is 4.53. The van der Waals surface area contributed by atoms with Crippen LogP contribution in [0.5, 0.6) is 0 Å². The molecule has 0 aromatic carbocycles. The van der Waals surface area contributed by atoms with E-state index in [2.05, 4.69) is 10.2 Å². The zero-order valence-corrected chi connectivity index (χ0v) is 13.6. The Bertz CT molecular complexity index is 616. The Hall–Kier alpha value is -1.92. The second kappa shape index (κ2) is 8.08. The van der Waals surface area contributed by atoms with Crippen LogP contribution in [0.2, 0.25) is 0 Å². The molecule has 122 valence electrons. The van der Waals surface area contributed by atoms with Gasteiger partial charge in [-0.1, -0.05) is 0 Å². The fourth-order valence-electron chi connectivity index (χ4n) is 2.61. The van der Waals surface area contributed by atoms with E-state index in [0.717, 1.165) is 35.7 Å². The molecule has 1 aliphatic heterocycles. The van der Waals surface area contributed by atoms with Crippen LogP contribution in [0.4, 0.5) is 0 Å². The summed E-state index contributed by atoms with van der Waals surface area (Å²) in [6.45, 7) is 2.63. The molecule has 1 N–H and O–H groups in total. The first kappa shape index (κ1) is 16.0.